The van der Waals surface area contributed by atoms with Gasteiger partial charge in [0.1, 0.15) is 5.78 Å². The lowest BCUT2D eigenvalue weighted by Crippen LogP contribution is -2.26. The normalized spacial score (nSPS) is 12.3. The van der Waals surface area contributed by atoms with Crippen LogP contribution in [0, 0.1) is 0 Å². The van der Waals surface area contributed by atoms with E-state index in [9.17, 15) is 9.90 Å². The fraction of sp³-hybridized carbons (Fsp3) is 0.625. The van der Waals surface area contributed by atoms with Crippen molar-refractivity contribution < 1.29 is 9.90 Å². The zero-order valence-electron chi connectivity index (χ0n) is 7.08. The van der Waals surface area contributed by atoms with Gasteiger partial charge in [-0.15, -0.1) is 0 Å². The second kappa shape index (κ2) is 4.91. The molecule has 11 heavy (non-hydrogen) atoms. The molecular weight excluding hydrogens is 142 g/mol. The molecule has 1 atom stereocenters. The Balaban J connectivity index is 3.59. The minimum atomic E-state index is -0.574. The highest BCUT2D eigenvalue weighted by atomic mass is 16.3. The maximum Gasteiger partial charge on any atom is 0.132 e. The van der Waals surface area contributed by atoms with Crippen molar-refractivity contribution in [2.75, 3.05) is 13.6 Å². The third-order valence-electron chi connectivity index (χ3n) is 1.33. The number of rotatable bonds is 5. The van der Waals surface area contributed by atoms with Crippen molar-refractivity contribution in [3.8, 4) is 0 Å². The lowest BCUT2D eigenvalue weighted by Gasteiger charge is -2.16. The highest BCUT2D eigenvalue weighted by molar-refractivity contribution is 5.75. The molecule has 0 rings (SSSR count). The first kappa shape index (κ1) is 10.2. The summed E-state index contributed by atoms with van der Waals surface area (Å²) in [5, 5.41) is 9.21. The summed E-state index contributed by atoms with van der Waals surface area (Å²) in [5.41, 5.74) is 0. The second-order valence-electron chi connectivity index (χ2n) is 2.68. The first-order valence-corrected chi connectivity index (χ1v) is 3.56. The number of carbonyl (C=O) groups is 1. The molecule has 0 aromatic heterocycles. The summed E-state index contributed by atoms with van der Waals surface area (Å²) in [4.78, 5) is 12.3. The molecule has 0 fully saturated rings. The molecule has 0 aliphatic rings. The van der Waals surface area contributed by atoms with E-state index in [1.807, 2.05) is 0 Å². The van der Waals surface area contributed by atoms with Crippen LogP contribution in [0.15, 0.2) is 12.8 Å². The standard InChI is InChI=1S/C8H15NO2/c1-4-9(3)6-8(11)5-7(2)10/h4,8,11H,1,5-6H2,2-3H3. The first-order chi connectivity index (χ1) is 5.06. The van der Waals surface area contributed by atoms with Gasteiger partial charge in [0.25, 0.3) is 0 Å². The van der Waals surface area contributed by atoms with Crippen LogP contribution >= 0.6 is 0 Å². The van der Waals surface area contributed by atoms with Gasteiger partial charge in [-0.1, -0.05) is 6.58 Å². The molecule has 64 valence electrons. The molecule has 0 radical (unpaired) electrons. The molecule has 3 heteroatoms. The first-order valence-electron chi connectivity index (χ1n) is 3.56. The van der Waals surface area contributed by atoms with Gasteiger partial charge in [0.15, 0.2) is 0 Å². The van der Waals surface area contributed by atoms with Gasteiger partial charge in [0.2, 0.25) is 0 Å². The molecule has 1 N–H and O–H groups in total. The van der Waals surface area contributed by atoms with E-state index < -0.39 is 6.10 Å². The molecule has 0 aromatic rings. The number of nitrogens with zero attached hydrogens (tertiary/aromatic N) is 1. The predicted octanol–water partition coefficient (Wildman–Crippen LogP) is 0.402. The average Bonchev–Trinajstić information content (AvgIpc) is 1.85. The Kier molecular flexibility index (Phi) is 4.54. The van der Waals surface area contributed by atoms with Crippen LogP contribution in [0.2, 0.25) is 0 Å². The van der Waals surface area contributed by atoms with Gasteiger partial charge in [-0.05, 0) is 13.1 Å². The Hall–Kier alpha value is -0.830. The largest absolute Gasteiger partial charge is 0.391 e. The van der Waals surface area contributed by atoms with Gasteiger partial charge in [0, 0.05) is 20.0 Å². The van der Waals surface area contributed by atoms with E-state index in [4.69, 9.17) is 0 Å². The summed E-state index contributed by atoms with van der Waals surface area (Å²) in [6.07, 6.45) is 1.26. The van der Waals surface area contributed by atoms with Crippen molar-refractivity contribution in [2.45, 2.75) is 19.4 Å². The number of carbonyl (C=O) groups excluding carboxylic acids is 1. The van der Waals surface area contributed by atoms with E-state index in [0.29, 0.717) is 6.54 Å². The number of likely N-dealkylation sites (N-methyl/N-ethyl adjacent to an activating group) is 1. The van der Waals surface area contributed by atoms with Crippen LogP contribution in [0.5, 0.6) is 0 Å². The van der Waals surface area contributed by atoms with Gasteiger partial charge < -0.3 is 10.0 Å². The number of ketones is 1. The molecule has 0 amide bonds. The van der Waals surface area contributed by atoms with Crippen LogP contribution < -0.4 is 0 Å². The molecule has 1 unspecified atom stereocenters. The van der Waals surface area contributed by atoms with Gasteiger partial charge in [-0.3, -0.25) is 4.79 Å². The van der Waals surface area contributed by atoms with E-state index in [0.717, 1.165) is 0 Å². The minimum Gasteiger partial charge on any atom is -0.391 e. The molecule has 0 aromatic carbocycles. The maximum absolute atomic E-state index is 10.5. The van der Waals surface area contributed by atoms with Crippen LogP contribution in [0.4, 0.5) is 0 Å². The Morgan fingerprint density at radius 2 is 2.36 bits per heavy atom. The van der Waals surface area contributed by atoms with E-state index in [2.05, 4.69) is 6.58 Å². The van der Waals surface area contributed by atoms with Gasteiger partial charge >= 0.3 is 0 Å². The number of hydrogen-bond donors (Lipinski definition) is 1. The maximum atomic E-state index is 10.5. The fourth-order valence-electron chi connectivity index (χ4n) is 0.803. The summed E-state index contributed by atoms with van der Waals surface area (Å²) in [5.74, 6) is 0.00922. The van der Waals surface area contributed by atoms with Crippen molar-refractivity contribution in [1.29, 1.82) is 0 Å². The summed E-state index contributed by atoms with van der Waals surface area (Å²) in [6.45, 7) is 5.45. The third kappa shape index (κ3) is 5.61. The molecule has 0 bridgehead atoms. The van der Waals surface area contributed by atoms with Crippen LogP contribution in [-0.4, -0.2) is 35.5 Å². The third-order valence-corrected chi connectivity index (χ3v) is 1.33. The average molecular weight is 157 g/mol. The molecule has 0 saturated carbocycles. The summed E-state index contributed by atoms with van der Waals surface area (Å²) >= 11 is 0. The fourth-order valence-corrected chi connectivity index (χ4v) is 0.803. The van der Waals surface area contributed by atoms with Crippen molar-refractivity contribution in [3.63, 3.8) is 0 Å². The number of aliphatic hydroxyl groups is 1. The smallest absolute Gasteiger partial charge is 0.132 e. The topological polar surface area (TPSA) is 40.5 Å². The van der Waals surface area contributed by atoms with Crippen molar-refractivity contribution >= 4 is 5.78 Å². The van der Waals surface area contributed by atoms with E-state index in [1.165, 1.54) is 6.92 Å². The van der Waals surface area contributed by atoms with E-state index >= 15 is 0 Å². The minimum absolute atomic E-state index is 0.00922. The van der Waals surface area contributed by atoms with E-state index in [1.54, 1.807) is 18.1 Å². The monoisotopic (exact) mass is 157 g/mol. The van der Waals surface area contributed by atoms with Crippen molar-refractivity contribution in [3.05, 3.63) is 12.8 Å². The van der Waals surface area contributed by atoms with Crippen molar-refractivity contribution in [2.24, 2.45) is 0 Å². The van der Waals surface area contributed by atoms with Crippen LogP contribution in [0.25, 0.3) is 0 Å². The number of hydrogen-bond acceptors (Lipinski definition) is 3. The Morgan fingerprint density at radius 3 is 2.73 bits per heavy atom. The lowest BCUT2D eigenvalue weighted by molar-refractivity contribution is -0.118. The Labute approximate surface area is 67.3 Å². The lowest BCUT2D eigenvalue weighted by atomic mass is 10.2. The highest BCUT2D eigenvalue weighted by Crippen LogP contribution is 1.95. The Bertz CT molecular complexity index is 145. The molecule has 0 aliphatic carbocycles. The van der Waals surface area contributed by atoms with Crippen LogP contribution in [0.3, 0.4) is 0 Å². The Morgan fingerprint density at radius 1 is 1.82 bits per heavy atom. The number of aliphatic hydroxyl groups excluding tert-OH is 1. The zero-order valence-corrected chi connectivity index (χ0v) is 7.08. The zero-order chi connectivity index (χ0) is 8.85. The summed E-state index contributed by atoms with van der Waals surface area (Å²) in [7, 11) is 1.80. The molecule has 3 nitrogen and oxygen atoms in total. The highest BCUT2D eigenvalue weighted by Gasteiger charge is 2.07. The summed E-state index contributed by atoms with van der Waals surface area (Å²) in [6, 6.07) is 0. The molecule has 0 saturated heterocycles. The van der Waals surface area contributed by atoms with Crippen LogP contribution in [-0.2, 0) is 4.79 Å². The van der Waals surface area contributed by atoms with Crippen molar-refractivity contribution in [1.82, 2.24) is 4.90 Å². The molecule has 0 aliphatic heterocycles. The molecular formula is C8H15NO2. The van der Waals surface area contributed by atoms with Gasteiger partial charge in [-0.2, -0.15) is 0 Å². The molecule has 0 heterocycles. The second-order valence-corrected chi connectivity index (χ2v) is 2.68. The quantitative estimate of drug-likeness (QED) is 0.628. The predicted molar refractivity (Wildman–Crippen MR) is 44.1 cm³/mol. The SMILES string of the molecule is C=CN(C)CC(O)CC(C)=O. The van der Waals surface area contributed by atoms with Crippen LogP contribution in [0.1, 0.15) is 13.3 Å². The van der Waals surface area contributed by atoms with Gasteiger partial charge in [0.05, 0.1) is 6.10 Å². The van der Waals surface area contributed by atoms with Gasteiger partial charge in [-0.25, -0.2) is 0 Å². The summed E-state index contributed by atoms with van der Waals surface area (Å²) < 4.78 is 0. The number of Topliss-reactive ketones (excluding diaryl/α,β-unsaturated/α-hetero) is 1. The van der Waals surface area contributed by atoms with E-state index in [-0.39, 0.29) is 12.2 Å². The molecule has 0 spiro atoms.